The molecule has 9 heteroatoms. The van der Waals surface area contributed by atoms with Crippen LogP contribution in [0.3, 0.4) is 0 Å². The van der Waals surface area contributed by atoms with Gasteiger partial charge in [-0.05, 0) is 47.6 Å². The fourth-order valence-corrected chi connectivity index (χ4v) is 5.77. The third-order valence-corrected chi connectivity index (χ3v) is 8.07. The van der Waals surface area contributed by atoms with E-state index in [1.54, 1.807) is 6.92 Å². The maximum Gasteiger partial charge on any atom is 0.407 e. The van der Waals surface area contributed by atoms with Gasteiger partial charge in [-0.2, -0.15) is 0 Å². The van der Waals surface area contributed by atoms with Gasteiger partial charge in [0.15, 0.2) is 6.04 Å². The van der Waals surface area contributed by atoms with Crippen molar-refractivity contribution >= 4 is 18.0 Å². The van der Waals surface area contributed by atoms with Crippen LogP contribution in [0, 0.1) is 0 Å². The minimum atomic E-state index is -1.26. The smallest absolute Gasteiger partial charge is 0.407 e. The number of carboxylic acid groups (broad SMARTS) is 1. The lowest BCUT2D eigenvalue weighted by atomic mass is 9.86. The van der Waals surface area contributed by atoms with E-state index in [1.807, 2.05) is 54.6 Å². The van der Waals surface area contributed by atoms with Crippen molar-refractivity contribution in [3.63, 3.8) is 0 Å². The number of carboxylic acids is 1. The quantitative estimate of drug-likeness (QED) is 0.306. The molecule has 0 radical (unpaired) electrons. The lowest BCUT2D eigenvalue weighted by Crippen LogP contribution is -2.56. The van der Waals surface area contributed by atoms with Gasteiger partial charge in [-0.1, -0.05) is 78.9 Å². The van der Waals surface area contributed by atoms with Crippen LogP contribution < -0.4 is 10.6 Å². The maximum atomic E-state index is 13.2. The van der Waals surface area contributed by atoms with Gasteiger partial charge in [-0.15, -0.1) is 0 Å². The first-order valence-electron chi connectivity index (χ1n) is 14.2. The zero-order valence-corrected chi connectivity index (χ0v) is 23.6. The minimum Gasteiger partial charge on any atom is -0.480 e. The molecule has 9 nitrogen and oxygen atoms in total. The zero-order valence-electron chi connectivity index (χ0n) is 23.6. The number of benzene rings is 3. The second kappa shape index (κ2) is 13.2. The molecular weight excluding hydrogens is 536 g/mol. The second-order valence-electron chi connectivity index (χ2n) is 10.9. The van der Waals surface area contributed by atoms with Crippen molar-refractivity contribution in [3.05, 3.63) is 95.6 Å². The molecule has 1 aliphatic carbocycles. The number of rotatable bonds is 11. The van der Waals surface area contributed by atoms with Crippen molar-refractivity contribution in [1.82, 2.24) is 10.6 Å². The highest BCUT2D eigenvalue weighted by molar-refractivity contribution is 5.85. The molecule has 42 heavy (non-hydrogen) atoms. The predicted molar refractivity (Wildman–Crippen MR) is 156 cm³/mol. The molecule has 220 valence electrons. The van der Waals surface area contributed by atoms with Crippen molar-refractivity contribution in [2.75, 3.05) is 19.8 Å². The van der Waals surface area contributed by atoms with Crippen LogP contribution in [0.15, 0.2) is 78.9 Å². The average Bonchev–Trinajstić information content (AvgIpc) is 3.32. The Morgan fingerprint density at radius 1 is 0.929 bits per heavy atom. The first-order valence-corrected chi connectivity index (χ1v) is 14.2. The van der Waals surface area contributed by atoms with Crippen LogP contribution in [0.2, 0.25) is 0 Å². The summed E-state index contributed by atoms with van der Waals surface area (Å²) in [5.74, 6) is -1.79. The Bertz CT molecular complexity index is 1360. The number of amides is 2. The third-order valence-electron chi connectivity index (χ3n) is 8.07. The summed E-state index contributed by atoms with van der Waals surface area (Å²) in [6.45, 7) is 2.69. The maximum absolute atomic E-state index is 13.2. The molecule has 3 aromatic carbocycles. The van der Waals surface area contributed by atoms with E-state index in [0.29, 0.717) is 26.1 Å². The summed E-state index contributed by atoms with van der Waals surface area (Å²) in [5, 5.41) is 15.3. The van der Waals surface area contributed by atoms with Gasteiger partial charge in [-0.25, -0.2) is 9.59 Å². The number of hydrogen-bond donors (Lipinski definition) is 3. The second-order valence-corrected chi connectivity index (χ2v) is 10.9. The van der Waals surface area contributed by atoms with Crippen LogP contribution in [-0.4, -0.2) is 60.6 Å². The molecule has 5 rings (SSSR count). The molecule has 0 saturated carbocycles. The van der Waals surface area contributed by atoms with Gasteiger partial charge in [0.05, 0.1) is 24.7 Å². The van der Waals surface area contributed by atoms with Gasteiger partial charge in [0.1, 0.15) is 6.61 Å². The Hall–Kier alpha value is -4.21. The fourth-order valence-electron chi connectivity index (χ4n) is 5.77. The number of fused-ring (bicyclic) bond motifs is 3. The Kier molecular flexibility index (Phi) is 9.19. The Morgan fingerprint density at radius 2 is 1.52 bits per heavy atom. The van der Waals surface area contributed by atoms with Crippen LogP contribution in [0.5, 0.6) is 0 Å². The molecule has 1 heterocycles. The Labute approximate surface area is 245 Å². The monoisotopic (exact) mass is 572 g/mol. The normalized spacial score (nSPS) is 16.9. The SMILES string of the molecule is C[C@@H](OCc1ccccc1)[C@H](NC(=O)CC1(NC(=O)OCC2c3ccccc3-c3ccccc32)CCOCC1)C(=O)O. The highest BCUT2D eigenvalue weighted by atomic mass is 16.5. The van der Waals surface area contributed by atoms with Crippen molar-refractivity contribution in [2.45, 2.75) is 56.4 Å². The summed E-state index contributed by atoms with van der Waals surface area (Å²) in [6.07, 6.45) is -0.742. The topological polar surface area (TPSA) is 123 Å². The number of carbonyl (C=O) groups is 3. The van der Waals surface area contributed by atoms with E-state index in [2.05, 4.69) is 34.9 Å². The standard InChI is InChI=1S/C33H36N2O7/c1-22(41-20-23-9-3-2-4-10-23)30(31(37)38)34-29(36)19-33(15-17-40-18-16-33)35-32(39)42-21-28-26-13-7-5-11-24(26)25-12-6-8-14-27(25)28/h2-14,22,28,30H,15-21H2,1H3,(H,34,36)(H,35,39)(H,37,38)/t22-,30+/m1/s1. The molecule has 2 atom stereocenters. The lowest BCUT2D eigenvalue weighted by Gasteiger charge is -2.37. The van der Waals surface area contributed by atoms with Gasteiger partial charge in [0.2, 0.25) is 5.91 Å². The molecule has 1 saturated heterocycles. The summed E-state index contributed by atoms with van der Waals surface area (Å²) >= 11 is 0. The summed E-state index contributed by atoms with van der Waals surface area (Å²) in [5.41, 5.74) is 4.45. The van der Waals surface area contributed by atoms with Crippen molar-refractivity contribution in [2.24, 2.45) is 0 Å². The highest BCUT2D eigenvalue weighted by Crippen LogP contribution is 2.44. The molecule has 3 aromatic rings. The summed E-state index contributed by atoms with van der Waals surface area (Å²) < 4.78 is 17.0. The molecule has 3 N–H and O–H groups in total. The number of ether oxygens (including phenoxy) is 3. The molecule has 1 aliphatic heterocycles. The molecule has 0 unspecified atom stereocenters. The van der Waals surface area contributed by atoms with Crippen LogP contribution in [-0.2, 0) is 30.4 Å². The van der Waals surface area contributed by atoms with E-state index in [9.17, 15) is 19.5 Å². The van der Waals surface area contributed by atoms with Crippen molar-refractivity contribution in [1.29, 1.82) is 0 Å². The number of aliphatic carboxylic acids is 1. The summed E-state index contributed by atoms with van der Waals surface area (Å²) in [7, 11) is 0. The van der Waals surface area contributed by atoms with E-state index in [4.69, 9.17) is 14.2 Å². The van der Waals surface area contributed by atoms with Gasteiger partial charge in [0, 0.05) is 19.1 Å². The number of alkyl carbamates (subject to hydrolysis) is 1. The van der Waals surface area contributed by atoms with E-state index in [0.717, 1.165) is 27.8 Å². The highest BCUT2D eigenvalue weighted by Gasteiger charge is 2.39. The lowest BCUT2D eigenvalue weighted by molar-refractivity contribution is -0.147. The number of carbonyl (C=O) groups excluding carboxylic acids is 2. The van der Waals surface area contributed by atoms with Crippen molar-refractivity contribution < 1.29 is 33.7 Å². The molecule has 0 bridgehead atoms. The first-order chi connectivity index (χ1) is 20.3. The molecular formula is C33H36N2O7. The summed E-state index contributed by atoms with van der Waals surface area (Å²) in [6, 6.07) is 24.3. The van der Waals surface area contributed by atoms with E-state index < -0.39 is 35.7 Å². The van der Waals surface area contributed by atoms with Gasteiger partial charge < -0.3 is 30.0 Å². The molecule has 0 spiro atoms. The Balaban J connectivity index is 1.20. The number of hydrogen-bond acceptors (Lipinski definition) is 6. The predicted octanol–water partition coefficient (Wildman–Crippen LogP) is 4.64. The molecule has 2 aliphatic rings. The van der Waals surface area contributed by atoms with Crippen LogP contribution in [0.1, 0.15) is 48.8 Å². The third kappa shape index (κ3) is 6.80. The summed E-state index contributed by atoms with van der Waals surface area (Å²) in [4.78, 5) is 38.3. The van der Waals surface area contributed by atoms with Gasteiger partial charge in [0.25, 0.3) is 0 Å². The van der Waals surface area contributed by atoms with Crippen molar-refractivity contribution in [3.8, 4) is 11.1 Å². The molecule has 2 amide bonds. The van der Waals surface area contributed by atoms with Crippen LogP contribution in [0.4, 0.5) is 4.79 Å². The fraction of sp³-hybridized carbons (Fsp3) is 0.364. The van der Waals surface area contributed by atoms with E-state index >= 15 is 0 Å². The molecule has 0 aromatic heterocycles. The van der Waals surface area contributed by atoms with Crippen LogP contribution >= 0.6 is 0 Å². The number of nitrogens with one attached hydrogen (secondary N) is 2. The zero-order chi connectivity index (χ0) is 29.5. The molecule has 1 fully saturated rings. The minimum absolute atomic E-state index is 0.0919. The van der Waals surface area contributed by atoms with Crippen LogP contribution in [0.25, 0.3) is 11.1 Å². The van der Waals surface area contributed by atoms with Gasteiger partial charge >= 0.3 is 12.1 Å². The average molecular weight is 573 g/mol. The van der Waals surface area contributed by atoms with E-state index in [-0.39, 0.29) is 25.6 Å². The Morgan fingerprint density at radius 3 is 2.14 bits per heavy atom. The van der Waals surface area contributed by atoms with Gasteiger partial charge in [-0.3, -0.25) is 4.79 Å². The largest absolute Gasteiger partial charge is 0.480 e. The first kappa shape index (κ1) is 29.3. The van der Waals surface area contributed by atoms with E-state index in [1.165, 1.54) is 0 Å².